The van der Waals surface area contributed by atoms with Crippen LogP contribution in [-0.2, 0) is 0 Å². The highest BCUT2D eigenvalue weighted by Gasteiger charge is 2.50. The Hall–Kier alpha value is -1.96. The van der Waals surface area contributed by atoms with Gasteiger partial charge in [0.2, 0.25) is 0 Å². The van der Waals surface area contributed by atoms with Gasteiger partial charge in [0.1, 0.15) is 5.41 Å². The maximum atomic E-state index is 12.9. The molecule has 0 atom stereocenters. The first-order chi connectivity index (χ1) is 12.2. The van der Waals surface area contributed by atoms with Gasteiger partial charge >= 0.3 is 0 Å². The lowest BCUT2D eigenvalue weighted by molar-refractivity contribution is 0.0703. The first-order valence-electron chi connectivity index (χ1n) is 9.62. The second-order valence-electron chi connectivity index (χ2n) is 7.01. The van der Waals surface area contributed by atoms with Crippen LogP contribution in [0.3, 0.4) is 0 Å². The maximum absolute atomic E-state index is 12.9. The van der Waals surface area contributed by atoms with Gasteiger partial charge in [-0.1, -0.05) is 81.5 Å². The average molecular weight is 338 g/mol. The molecule has 0 bridgehead atoms. The van der Waals surface area contributed by atoms with E-state index in [0.717, 1.165) is 6.42 Å². The molecular weight excluding hydrogens is 308 g/mol. The summed E-state index contributed by atoms with van der Waals surface area (Å²) in [6.07, 6.45) is 15.4. The molecule has 1 aliphatic carbocycles. The highest BCUT2D eigenvalue weighted by atomic mass is 16.2. The predicted octanol–water partition coefficient (Wildman–Crippen LogP) is 6.33. The van der Waals surface area contributed by atoms with Gasteiger partial charge in [0.15, 0.2) is 11.6 Å². The Kier molecular flexibility index (Phi) is 7.36. The van der Waals surface area contributed by atoms with Crippen molar-refractivity contribution < 1.29 is 9.59 Å². The third kappa shape index (κ3) is 4.36. The molecule has 1 aromatic carbocycles. The minimum atomic E-state index is -0.969. The number of fused-ring (bicyclic) bond motifs is 1. The molecule has 0 N–H and O–H groups in total. The zero-order valence-electron chi connectivity index (χ0n) is 15.4. The number of hydrogen-bond acceptors (Lipinski definition) is 2. The smallest absolute Gasteiger partial charge is 0.178 e. The van der Waals surface area contributed by atoms with Crippen molar-refractivity contribution in [1.82, 2.24) is 0 Å². The lowest BCUT2D eigenvalue weighted by atomic mass is 9.76. The van der Waals surface area contributed by atoms with Crippen LogP contribution in [0.5, 0.6) is 0 Å². The molecule has 25 heavy (non-hydrogen) atoms. The normalized spacial score (nSPS) is 15.7. The van der Waals surface area contributed by atoms with E-state index < -0.39 is 5.41 Å². The number of unbranched alkanes of at least 4 members (excludes halogenated alkanes) is 6. The molecule has 0 aliphatic heterocycles. The third-order valence-corrected chi connectivity index (χ3v) is 5.14. The molecular formula is C23H30O2. The first kappa shape index (κ1) is 19.4. The van der Waals surface area contributed by atoms with E-state index in [1.807, 2.05) is 18.2 Å². The summed E-state index contributed by atoms with van der Waals surface area (Å²) in [7, 11) is 0. The minimum Gasteiger partial charge on any atom is -0.293 e. The summed E-state index contributed by atoms with van der Waals surface area (Å²) in [5.74, 6) is -0.0885. The van der Waals surface area contributed by atoms with Crippen molar-refractivity contribution in [3.8, 4) is 0 Å². The molecule has 1 aliphatic rings. The molecule has 2 nitrogen and oxygen atoms in total. The van der Waals surface area contributed by atoms with Crippen molar-refractivity contribution in [3.05, 3.63) is 60.2 Å². The van der Waals surface area contributed by atoms with Crippen molar-refractivity contribution in [1.29, 1.82) is 0 Å². The molecule has 0 fully saturated rings. The molecule has 134 valence electrons. The molecule has 0 unspecified atom stereocenters. The predicted molar refractivity (Wildman–Crippen MR) is 104 cm³/mol. The summed E-state index contributed by atoms with van der Waals surface area (Å²) >= 11 is 0. The summed E-state index contributed by atoms with van der Waals surface area (Å²) in [5.41, 5.74) is 0.167. The van der Waals surface area contributed by atoms with Gasteiger partial charge in [-0.25, -0.2) is 0 Å². The van der Waals surface area contributed by atoms with Crippen molar-refractivity contribution in [2.45, 2.75) is 64.7 Å². The molecule has 0 saturated heterocycles. The summed E-state index contributed by atoms with van der Waals surface area (Å²) < 4.78 is 0. The van der Waals surface area contributed by atoms with Crippen LogP contribution >= 0.6 is 0 Å². The highest BCUT2D eigenvalue weighted by molar-refractivity contribution is 6.29. The molecule has 0 radical (unpaired) electrons. The summed E-state index contributed by atoms with van der Waals surface area (Å²) in [5, 5.41) is 0. The van der Waals surface area contributed by atoms with Crippen LogP contribution < -0.4 is 0 Å². The lowest BCUT2D eigenvalue weighted by Crippen LogP contribution is -2.32. The summed E-state index contributed by atoms with van der Waals surface area (Å²) in [6.45, 7) is 5.99. The molecule has 0 aromatic heterocycles. The van der Waals surface area contributed by atoms with E-state index >= 15 is 0 Å². The van der Waals surface area contributed by atoms with Gasteiger partial charge < -0.3 is 0 Å². The summed E-state index contributed by atoms with van der Waals surface area (Å²) in [6, 6.07) is 7.17. The van der Waals surface area contributed by atoms with E-state index in [1.165, 1.54) is 38.5 Å². The Morgan fingerprint density at radius 1 is 0.880 bits per heavy atom. The largest absolute Gasteiger partial charge is 0.293 e. The van der Waals surface area contributed by atoms with E-state index in [0.29, 0.717) is 24.0 Å². The van der Waals surface area contributed by atoms with E-state index in [4.69, 9.17) is 0 Å². The minimum absolute atomic E-state index is 0.0442. The first-order valence-corrected chi connectivity index (χ1v) is 9.62. The lowest BCUT2D eigenvalue weighted by Gasteiger charge is -2.22. The van der Waals surface area contributed by atoms with Gasteiger partial charge in [-0.3, -0.25) is 9.59 Å². The SMILES string of the molecule is C=CCC1(C/C=C/CCCCCCCC)C(=O)c2ccccc2C1=O. The van der Waals surface area contributed by atoms with Crippen molar-refractivity contribution in [2.75, 3.05) is 0 Å². The quantitative estimate of drug-likeness (QED) is 0.268. The van der Waals surface area contributed by atoms with Gasteiger partial charge in [-0.2, -0.15) is 0 Å². The fraction of sp³-hybridized carbons (Fsp3) is 0.478. The highest BCUT2D eigenvalue weighted by Crippen LogP contribution is 2.42. The van der Waals surface area contributed by atoms with Crippen molar-refractivity contribution in [2.24, 2.45) is 5.41 Å². The van der Waals surface area contributed by atoms with Crippen LogP contribution in [0, 0.1) is 5.41 Å². The Bertz CT molecular complexity index is 604. The van der Waals surface area contributed by atoms with E-state index in [9.17, 15) is 9.59 Å². The zero-order chi connectivity index (χ0) is 18.1. The number of carbonyl (C=O) groups is 2. The zero-order valence-corrected chi connectivity index (χ0v) is 15.4. The molecule has 1 aromatic rings. The number of ketones is 2. The average Bonchev–Trinajstić information content (AvgIpc) is 2.83. The van der Waals surface area contributed by atoms with Gasteiger partial charge in [0.25, 0.3) is 0 Å². The van der Waals surface area contributed by atoms with Crippen molar-refractivity contribution in [3.63, 3.8) is 0 Å². The van der Waals surface area contributed by atoms with Crippen LogP contribution in [0.1, 0.15) is 85.4 Å². The van der Waals surface area contributed by atoms with Crippen LogP contribution in [-0.4, -0.2) is 11.6 Å². The topological polar surface area (TPSA) is 34.1 Å². The van der Waals surface area contributed by atoms with E-state index in [1.54, 1.807) is 18.2 Å². The number of benzene rings is 1. The molecule has 0 heterocycles. The molecule has 0 spiro atoms. The van der Waals surface area contributed by atoms with Crippen LogP contribution in [0.15, 0.2) is 49.1 Å². The Balaban J connectivity index is 1.93. The van der Waals surface area contributed by atoms with Crippen LogP contribution in [0.4, 0.5) is 0 Å². The third-order valence-electron chi connectivity index (χ3n) is 5.14. The van der Waals surface area contributed by atoms with Crippen LogP contribution in [0.2, 0.25) is 0 Å². The monoisotopic (exact) mass is 338 g/mol. The number of carbonyl (C=O) groups excluding carboxylic acids is 2. The van der Waals surface area contributed by atoms with Crippen molar-refractivity contribution >= 4 is 11.6 Å². The summed E-state index contributed by atoms with van der Waals surface area (Å²) in [4.78, 5) is 25.8. The molecule has 0 amide bonds. The molecule has 0 saturated carbocycles. The number of rotatable bonds is 11. The maximum Gasteiger partial charge on any atom is 0.178 e. The number of Topliss-reactive ketones (excluding diaryl/α,β-unsaturated/α-hetero) is 2. The van der Waals surface area contributed by atoms with E-state index in [2.05, 4.69) is 19.6 Å². The number of allylic oxidation sites excluding steroid dienone is 3. The molecule has 2 heteroatoms. The second kappa shape index (κ2) is 9.50. The Morgan fingerprint density at radius 3 is 2.08 bits per heavy atom. The van der Waals surface area contributed by atoms with Crippen LogP contribution in [0.25, 0.3) is 0 Å². The Labute approximate surface area is 152 Å². The molecule has 2 rings (SSSR count). The second-order valence-corrected chi connectivity index (χ2v) is 7.01. The van der Waals surface area contributed by atoms with Gasteiger partial charge in [-0.15, -0.1) is 6.58 Å². The Morgan fingerprint density at radius 2 is 1.48 bits per heavy atom. The standard InChI is InChI=1S/C23H30O2/c1-3-5-6-7-8-9-10-11-14-18-23(17-4-2)21(24)19-15-12-13-16-20(19)22(23)25/h4,11-16H,2-3,5-10,17-18H2,1H3/b14-11+. The van der Waals surface area contributed by atoms with Gasteiger partial charge in [0, 0.05) is 11.1 Å². The van der Waals surface area contributed by atoms with E-state index in [-0.39, 0.29) is 11.6 Å². The van der Waals surface area contributed by atoms with Gasteiger partial charge in [0.05, 0.1) is 0 Å². The fourth-order valence-electron chi connectivity index (χ4n) is 3.64. The van der Waals surface area contributed by atoms with Gasteiger partial charge in [-0.05, 0) is 25.7 Å². The number of hydrogen-bond donors (Lipinski definition) is 0. The fourth-order valence-corrected chi connectivity index (χ4v) is 3.64.